The van der Waals surface area contributed by atoms with Gasteiger partial charge in [0.15, 0.2) is 11.6 Å². The molecular formula is C35H46FN11O2. The fourth-order valence-corrected chi connectivity index (χ4v) is 6.02. The maximum Gasteiger partial charge on any atom is 0.318 e. The average molecular weight is 672 g/mol. The number of aromatic amines is 1. The van der Waals surface area contributed by atoms with Crippen LogP contribution in [-0.4, -0.2) is 87.8 Å². The average Bonchev–Trinajstić information content (AvgIpc) is 3.75. The molecule has 1 aliphatic heterocycles. The van der Waals surface area contributed by atoms with Crippen molar-refractivity contribution >= 4 is 40.5 Å². The highest BCUT2D eigenvalue weighted by atomic mass is 19.1. The number of halogens is 1. The summed E-state index contributed by atoms with van der Waals surface area (Å²) in [6.07, 6.45) is 14.0. The second-order valence-electron chi connectivity index (χ2n) is 12.3. The standard InChI is InChI=1S/C19H23N7.C16H23FN4O2/c1-11-9-24-19(25-16(20)8-12(2)21-3)26-17(11)14-10-23-18-13(14)6-5-7-15(18)22-4;17-14-10-18-16(23-13-6-7-21(11-13)8-9-22)20-15(14)19-12-4-2-1-3-5-12/h5-10,21-23H,1-4H3,(H2,20,24,25,26);9-10,12-13H,1-8,11H2,(H,18,19,20)/b12-8-;. The Morgan fingerprint density at radius 3 is 2.73 bits per heavy atom. The number of rotatable bonds is 11. The molecule has 49 heavy (non-hydrogen) atoms. The Morgan fingerprint density at radius 2 is 1.98 bits per heavy atom. The Kier molecular flexibility index (Phi) is 12.1. The number of nitrogens with one attached hydrogen (secondary N) is 4. The van der Waals surface area contributed by atoms with Crippen LogP contribution >= 0.6 is 0 Å². The monoisotopic (exact) mass is 671 g/mol. The van der Waals surface area contributed by atoms with Gasteiger partial charge >= 0.3 is 6.01 Å². The molecule has 1 saturated heterocycles. The molecule has 1 atom stereocenters. The Labute approximate surface area is 286 Å². The van der Waals surface area contributed by atoms with Crippen molar-refractivity contribution in [2.75, 3.05) is 44.4 Å². The van der Waals surface area contributed by atoms with E-state index in [4.69, 9.17) is 10.5 Å². The summed E-state index contributed by atoms with van der Waals surface area (Å²) in [4.78, 5) is 37.2. The molecule has 6 rings (SSSR count). The lowest BCUT2D eigenvalue weighted by Crippen LogP contribution is -2.27. The van der Waals surface area contributed by atoms with Gasteiger partial charge in [0.25, 0.3) is 5.95 Å². The van der Waals surface area contributed by atoms with Crippen molar-refractivity contribution in [3.63, 3.8) is 0 Å². The highest BCUT2D eigenvalue weighted by Gasteiger charge is 2.25. The van der Waals surface area contributed by atoms with Gasteiger partial charge in [-0.3, -0.25) is 4.90 Å². The largest absolute Gasteiger partial charge is 0.459 e. The normalized spacial score (nSPS) is 17.4. The number of aryl methyl sites for hydroxylation is 1. The minimum Gasteiger partial charge on any atom is -0.459 e. The lowest BCUT2D eigenvalue weighted by atomic mass is 9.95. The van der Waals surface area contributed by atoms with Crippen LogP contribution in [0.4, 0.5) is 21.8 Å². The van der Waals surface area contributed by atoms with Crippen LogP contribution in [0, 0.1) is 12.7 Å². The van der Waals surface area contributed by atoms with Gasteiger partial charge in [-0.05, 0) is 50.8 Å². The van der Waals surface area contributed by atoms with Crippen molar-refractivity contribution < 1.29 is 13.9 Å². The summed E-state index contributed by atoms with van der Waals surface area (Å²) in [5.74, 6) is 0.465. The third-order valence-corrected chi connectivity index (χ3v) is 8.69. The number of carbonyl (C=O) groups excluding carboxylic acids is 1. The molecule has 1 unspecified atom stereocenters. The lowest BCUT2D eigenvalue weighted by Gasteiger charge is -2.23. The van der Waals surface area contributed by atoms with E-state index in [1.165, 1.54) is 19.3 Å². The molecule has 1 aromatic carbocycles. The van der Waals surface area contributed by atoms with Gasteiger partial charge in [-0.2, -0.15) is 9.98 Å². The molecule has 4 heterocycles. The molecule has 1 aliphatic carbocycles. The molecule has 0 radical (unpaired) electrons. The topological polar surface area (TPSA) is 171 Å². The van der Waals surface area contributed by atoms with E-state index in [1.807, 2.05) is 51.2 Å². The maximum absolute atomic E-state index is 13.9. The minimum atomic E-state index is -0.447. The smallest absolute Gasteiger partial charge is 0.318 e. The summed E-state index contributed by atoms with van der Waals surface area (Å²) in [6, 6.07) is 6.59. The van der Waals surface area contributed by atoms with Crippen molar-refractivity contribution in [2.24, 2.45) is 10.7 Å². The van der Waals surface area contributed by atoms with Gasteiger partial charge in [-0.15, -0.1) is 0 Å². The Morgan fingerprint density at radius 1 is 1.16 bits per heavy atom. The molecule has 2 fully saturated rings. The minimum absolute atomic E-state index is 0.0528. The summed E-state index contributed by atoms with van der Waals surface area (Å²) in [5.41, 5.74) is 11.8. The zero-order valence-corrected chi connectivity index (χ0v) is 28.6. The SMILES string of the molecule is CN/C(C)=C\C(N)=N/c1ncc(C)c(-c2c[nH]c3c(NC)cccc23)n1.O=CCN1CCC(Oc2ncc(F)c(NC3CCCCC3)n2)C1. The van der Waals surface area contributed by atoms with Crippen molar-refractivity contribution in [1.29, 1.82) is 0 Å². The highest BCUT2D eigenvalue weighted by Crippen LogP contribution is 2.33. The van der Waals surface area contributed by atoms with E-state index >= 15 is 0 Å². The van der Waals surface area contributed by atoms with Crippen LogP contribution in [-0.2, 0) is 4.79 Å². The van der Waals surface area contributed by atoms with Gasteiger partial charge < -0.3 is 36.2 Å². The first-order valence-corrected chi connectivity index (χ1v) is 16.7. The first-order chi connectivity index (χ1) is 23.8. The summed E-state index contributed by atoms with van der Waals surface area (Å²) in [7, 11) is 3.73. The number of carbonyl (C=O) groups is 1. The van der Waals surface area contributed by atoms with E-state index in [0.717, 1.165) is 77.4 Å². The van der Waals surface area contributed by atoms with E-state index < -0.39 is 5.82 Å². The molecule has 0 spiro atoms. The molecule has 14 heteroatoms. The first-order valence-electron chi connectivity index (χ1n) is 16.7. The second-order valence-corrected chi connectivity index (χ2v) is 12.3. The van der Waals surface area contributed by atoms with E-state index in [2.05, 4.69) is 51.9 Å². The van der Waals surface area contributed by atoms with Gasteiger partial charge in [0, 0.05) is 62.3 Å². The predicted octanol–water partition coefficient (Wildman–Crippen LogP) is 5.10. The number of H-pyrrole nitrogens is 1. The molecule has 0 amide bonds. The number of allylic oxidation sites excluding steroid dienone is 1. The number of anilines is 2. The molecule has 4 aromatic rings. The molecule has 6 N–H and O–H groups in total. The molecule has 1 saturated carbocycles. The number of aliphatic imine (C=N–C) groups is 1. The molecule has 3 aromatic heterocycles. The number of aldehydes is 1. The van der Waals surface area contributed by atoms with Crippen molar-refractivity contribution in [1.82, 2.24) is 35.1 Å². The highest BCUT2D eigenvalue weighted by molar-refractivity contribution is 6.01. The molecular weight excluding hydrogens is 625 g/mol. The predicted molar refractivity (Wildman–Crippen MR) is 192 cm³/mol. The molecule has 260 valence electrons. The third kappa shape index (κ3) is 9.28. The fraction of sp³-hybridized carbons (Fsp3) is 0.429. The molecule has 0 bridgehead atoms. The molecule has 13 nitrogen and oxygen atoms in total. The number of para-hydroxylation sites is 1. The third-order valence-electron chi connectivity index (χ3n) is 8.69. The number of aromatic nitrogens is 5. The van der Waals surface area contributed by atoms with Gasteiger partial charge in [0.2, 0.25) is 0 Å². The Bertz CT molecular complexity index is 1780. The van der Waals surface area contributed by atoms with Crippen molar-refractivity contribution in [3.8, 4) is 17.3 Å². The Balaban J connectivity index is 0.000000192. The molecule has 2 aliphatic rings. The van der Waals surface area contributed by atoms with Crippen molar-refractivity contribution in [2.45, 2.75) is 64.5 Å². The van der Waals surface area contributed by atoms with Crippen LogP contribution in [0.25, 0.3) is 22.2 Å². The van der Waals surface area contributed by atoms with Crippen LogP contribution < -0.4 is 26.4 Å². The van der Waals surface area contributed by atoms with Crippen molar-refractivity contribution in [3.05, 3.63) is 59.9 Å². The Hall–Kier alpha value is -5.11. The van der Waals surface area contributed by atoms with E-state index in [-0.39, 0.29) is 24.0 Å². The summed E-state index contributed by atoms with van der Waals surface area (Å²) in [6.45, 7) is 5.80. The number of amidine groups is 1. The summed E-state index contributed by atoms with van der Waals surface area (Å²) in [5, 5.41) is 10.5. The number of benzene rings is 1. The summed E-state index contributed by atoms with van der Waals surface area (Å²) >= 11 is 0. The van der Waals surface area contributed by atoms with Crippen LogP contribution in [0.15, 0.2) is 53.6 Å². The number of hydrogen-bond donors (Lipinski definition) is 5. The second kappa shape index (κ2) is 16.8. The van der Waals surface area contributed by atoms with Crippen LogP contribution in [0.5, 0.6) is 6.01 Å². The number of nitrogens with two attached hydrogens (primary N) is 1. The first kappa shape index (κ1) is 35.2. The zero-order valence-electron chi connectivity index (χ0n) is 28.6. The number of hydrogen-bond acceptors (Lipinski definition) is 11. The number of fused-ring (bicyclic) bond motifs is 1. The van der Waals surface area contributed by atoms with Gasteiger partial charge in [-0.25, -0.2) is 19.3 Å². The van der Waals surface area contributed by atoms with Crippen LogP contribution in [0.1, 0.15) is 51.0 Å². The van der Waals surface area contributed by atoms with Gasteiger partial charge in [0.1, 0.15) is 18.2 Å². The number of likely N-dealkylation sites (tertiary alicyclic amines) is 1. The van der Waals surface area contributed by atoms with Crippen LogP contribution in [0.2, 0.25) is 0 Å². The number of nitrogens with zero attached hydrogens (tertiary/aromatic N) is 6. The van der Waals surface area contributed by atoms with E-state index in [1.54, 1.807) is 12.3 Å². The fourth-order valence-electron chi connectivity index (χ4n) is 6.02. The maximum atomic E-state index is 13.9. The van der Waals surface area contributed by atoms with Crippen LogP contribution in [0.3, 0.4) is 0 Å². The zero-order chi connectivity index (χ0) is 34.8. The van der Waals surface area contributed by atoms with E-state index in [0.29, 0.717) is 24.9 Å². The summed E-state index contributed by atoms with van der Waals surface area (Å²) < 4.78 is 19.7. The quantitative estimate of drug-likeness (QED) is 0.0816. The van der Waals surface area contributed by atoms with Gasteiger partial charge in [-0.1, -0.05) is 31.4 Å². The lowest BCUT2D eigenvalue weighted by molar-refractivity contribution is -0.108. The van der Waals surface area contributed by atoms with E-state index in [9.17, 15) is 9.18 Å². The number of ether oxygens (including phenoxy) is 1. The van der Waals surface area contributed by atoms with Gasteiger partial charge in [0.05, 0.1) is 29.6 Å².